The molecule has 58 valence electrons. The Morgan fingerprint density at radius 3 is 2.91 bits per heavy atom. The van der Waals surface area contributed by atoms with Crippen LogP contribution in [0.3, 0.4) is 0 Å². The van der Waals surface area contributed by atoms with E-state index in [1.165, 1.54) is 10.5 Å². The van der Waals surface area contributed by atoms with Crippen LogP contribution in [-0.2, 0) is 0 Å². The molecule has 11 heavy (non-hydrogen) atoms. The molecule has 0 aromatic carbocycles. The van der Waals surface area contributed by atoms with Crippen LogP contribution in [0.1, 0.15) is 12.5 Å². The summed E-state index contributed by atoms with van der Waals surface area (Å²) >= 11 is 1.74. The van der Waals surface area contributed by atoms with Crippen LogP contribution in [-0.4, -0.2) is 11.2 Å². The maximum absolute atomic E-state index is 4.05. The van der Waals surface area contributed by atoms with Crippen molar-refractivity contribution in [2.75, 3.05) is 6.26 Å². The van der Waals surface area contributed by atoms with Crippen molar-refractivity contribution in [1.29, 1.82) is 0 Å². The Morgan fingerprint density at radius 2 is 2.45 bits per heavy atom. The van der Waals surface area contributed by atoms with Crippen LogP contribution >= 0.6 is 11.8 Å². The van der Waals surface area contributed by atoms with Crippen molar-refractivity contribution in [1.82, 2.24) is 4.98 Å². The number of pyridine rings is 1. The Hall–Kier alpha value is -0.760. The highest BCUT2D eigenvalue weighted by atomic mass is 32.2. The maximum atomic E-state index is 4.05. The lowest BCUT2D eigenvalue weighted by atomic mass is 10.2. The molecule has 0 saturated carbocycles. The average molecular weight is 165 g/mol. The third kappa shape index (κ3) is 2.09. The number of rotatable bonds is 2. The molecule has 1 rings (SSSR count). The first-order valence-corrected chi connectivity index (χ1v) is 4.71. The lowest BCUT2D eigenvalue weighted by molar-refractivity contribution is 1.31. The van der Waals surface area contributed by atoms with E-state index in [0.29, 0.717) is 0 Å². The fourth-order valence-electron chi connectivity index (χ4n) is 0.911. The first-order chi connectivity index (χ1) is 5.38. The number of allylic oxidation sites excluding steroid dienone is 1. The van der Waals surface area contributed by atoms with Crippen molar-refractivity contribution in [2.45, 2.75) is 6.92 Å². The van der Waals surface area contributed by atoms with Crippen LogP contribution in [0.4, 0.5) is 0 Å². The van der Waals surface area contributed by atoms with Gasteiger partial charge in [0.2, 0.25) is 0 Å². The van der Waals surface area contributed by atoms with Gasteiger partial charge in [0.15, 0.2) is 0 Å². The van der Waals surface area contributed by atoms with Crippen molar-refractivity contribution in [2.24, 2.45) is 0 Å². The van der Waals surface area contributed by atoms with Crippen LogP contribution in [0.5, 0.6) is 0 Å². The lowest BCUT2D eigenvalue weighted by Crippen LogP contribution is -1.79. The van der Waals surface area contributed by atoms with E-state index in [9.17, 15) is 0 Å². The molecule has 0 N–H and O–H groups in total. The topological polar surface area (TPSA) is 12.9 Å². The van der Waals surface area contributed by atoms with Gasteiger partial charge in [0.25, 0.3) is 0 Å². The van der Waals surface area contributed by atoms with Crippen molar-refractivity contribution in [3.05, 3.63) is 36.2 Å². The Kier molecular flexibility index (Phi) is 3.17. The molecule has 0 unspecified atom stereocenters. The average Bonchev–Trinajstić information content (AvgIpc) is 2.09. The zero-order valence-corrected chi connectivity index (χ0v) is 7.56. The number of hydrogen-bond acceptors (Lipinski definition) is 2. The monoisotopic (exact) mass is 165 g/mol. The molecule has 0 atom stereocenters. The van der Waals surface area contributed by atoms with Crippen molar-refractivity contribution in [3.63, 3.8) is 0 Å². The van der Waals surface area contributed by atoms with E-state index in [-0.39, 0.29) is 0 Å². The summed E-state index contributed by atoms with van der Waals surface area (Å²) in [6.45, 7) is 2.04. The largest absolute Gasteiger partial charge is 0.264 e. The molecular weight excluding hydrogens is 154 g/mol. The van der Waals surface area contributed by atoms with Gasteiger partial charge in [-0.1, -0.05) is 12.1 Å². The number of aromatic nitrogens is 1. The Morgan fingerprint density at radius 1 is 1.64 bits per heavy atom. The molecule has 1 nitrogen and oxygen atoms in total. The standard InChI is InChI=1S/C9H11NS/c1-3-9(11-2)8-5-4-6-10-7-8/h3-7H,1-2H3. The highest BCUT2D eigenvalue weighted by Gasteiger charge is 1.95. The van der Waals surface area contributed by atoms with Crippen LogP contribution in [0.2, 0.25) is 0 Å². The van der Waals surface area contributed by atoms with Gasteiger partial charge >= 0.3 is 0 Å². The number of hydrogen-bond donors (Lipinski definition) is 0. The normalized spacial score (nSPS) is 11.6. The molecule has 1 aromatic rings. The minimum absolute atomic E-state index is 1.20. The highest BCUT2D eigenvalue weighted by Crippen LogP contribution is 2.23. The van der Waals surface area contributed by atoms with E-state index < -0.39 is 0 Å². The second-order valence-corrected chi connectivity index (χ2v) is 2.95. The first kappa shape index (κ1) is 8.34. The molecule has 0 aliphatic carbocycles. The van der Waals surface area contributed by atoms with Gasteiger partial charge in [0.1, 0.15) is 0 Å². The number of thioether (sulfide) groups is 1. The van der Waals surface area contributed by atoms with Gasteiger partial charge < -0.3 is 0 Å². The van der Waals surface area contributed by atoms with Gasteiger partial charge in [-0.2, -0.15) is 0 Å². The van der Waals surface area contributed by atoms with Crippen LogP contribution in [0.25, 0.3) is 4.91 Å². The summed E-state index contributed by atoms with van der Waals surface area (Å²) in [7, 11) is 0. The molecular formula is C9H11NS. The van der Waals surface area contributed by atoms with Gasteiger partial charge in [-0.3, -0.25) is 4.98 Å². The van der Waals surface area contributed by atoms with Crippen LogP contribution in [0, 0.1) is 0 Å². The molecule has 0 bridgehead atoms. The lowest BCUT2D eigenvalue weighted by Gasteiger charge is -2.00. The van der Waals surface area contributed by atoms with E-state index in [4.69, 9.17) is 0 Å². The minimum Gasteiger partial charge on any atom is -0.264 e. The van der Waals surface area contributed by atoms with E-state index in [2.05, 4.69) is 23.4 Å². The molecule has 1 heterocycles. The number of nitrogens with zero attached hydrogens (tertiary/aromatic N) is 1. The summed E-state index contributed by atoms with van der Waals surface area (Å²) in [6.07, 6.45) is 7.84. The fourth-order valence-corrected chi connectivity index (χ4v) is 1.50. The zero-order valence-electron chi connectivity index (χ0n) is 6.74. The third-order valence-corrected chi connectivity index (χ3v) is 2.34. The van der Waals surface area contributed by atoms with Crippen molar-refractivity contribution >= 4 is 16.7 Å². The van der Waals surface area contributed by atoms with Gasteiger partial charge in [-0.25, -0.2) is 0 Å². The zero-order chi connectivity index (χ0) is 8.10. The summed E-state index contributed by atoms with van der Waals surface area (Å²) < 4.78 is 0. The summed E-state index contributed by atoms with van der Waals surface area (Å²) in [5.74, 6) is 0. The van der Waals surface area contributed by atoms with E-state index in [1.54, 1.807) is 18.0 Å². The third-order valence-electron chi connectivity index (χ3n) is 1.43. The van der Waals surface area contributed by atoms with Gasteiger partial charge in [0.05, 0.1) is 0 Å². The Bertz CT molecular complexity index is 241. The van der Waals surface area contributed by atoms with E-state index in [0.717, 1.165) is 0 Å². The summed E-state index contributed by atoms with van der Waals surface area (Å²) in [4.78, 5) is 5.32. The molecule has 0 spiro atoms. The van der Waals surface area contributed by atoms with Crippen molar-refractivity contribution < 1.29 is 0 Å². The maximum Gasteiger partial charge on any atom is 0.0351 e. The SMILES string of the molecule is CC=C(SC)c1cccnc1. The fraction of sp³-hybridized carbons (Fsp3) is 0.222. The molecule has 2 heteroatoms. The Balaban J connectivity index is 2.92. The Labute approximate surface area is 71.5 Å². The van der Waals surface area contributed by atoms with Crippen LogP contribution < -0.4 is 0 Å². The molecule has 0 amide bonds. The molecule has 0 saturated heterocycles. The predicted octanol–water partition coefficient (Wildman–Crippen LogP) is 2.81. The summed E-state index contributed by atoms with van der Waals surface area (Å²) in [6, 6.07) is 4.02. The summed E-state index contributed by atoms with van der Waals surface area (Å²) in [5.41, 5.74) is 1.20. The van der Waals surface area contributed by atoms with E-state index in [1.807, 2.05) is 19.2 Å². The van der Waals surface area contributed by atoms with Gasteiger partial charge in [-0.15, -0.1) is 11.8 Å². The minimum atomic E-state index is 1.20. The predicted molar refractivity (Wildman–Crippen MR) is 51.4 cm³/mol. The first-order valence-electron chi connectivity index (χ1n) is 3.49. The quantitative estimate of drug-likeness (QED) is 0.668. The molecule has 0 aliphatic heterocycles. The van der Waals surface area contributed by atoms with Crippen molar-refractivity contribution in [3.8, 4) is 0 Å². The molecule has 0 aliphatic rings. The second kappa shape index (κ2) is 4.19. The smallest absolute Gasteiger partial charge is 0.0351 e. The van der Waals surface area contributed by atoms with Gasteiger partial charge in [0, 0.05) is 22.9 Å². The van der Waals surface area contributed by atoms with Crippen LogP contribution in [0.15, 0.2) is 30.6 Å². The molecule has 0 fully saturated rings. The van der Waals surface area contributed by atoms with E-state index >= 15 is 0 Å². The van der Waals surface area contributed by atoms with Gasteiger partial charge in [-0.05, 0) is 19.2 Å². The molecule has 0 radical (unpaired) electrons. The highest BCUT2D eigenvalue weighted by molar-refractivity contribution is 8.07. The summed E-state index contributed by atoms with van der Waals surface area (Å²) in [5, 5.41) is 0. The molecule has 1 aromatic heterocycles. The second-order valence-electron chi connectivity index (χ2n) is 2.10.